The number of carbonyl (C=O) groups is 1. The number of piperidine rings is 1. The molecule has 1 aromatic carbocycles. The van der Waals surface area contributed by atoms with Crippen LogP contribution in [0.5, 0.6) is 0 Å². The number of hydrogen-bond acceptors (Lipinski definition) is 3. The number of nitrogens with zero attached hydrogens (tertiary/aromatic N) is 3. The summed E-state index contributed by atoms with van der Waals surface area (Å²) in [6.45, 7) is 3.61. The lowest BCUT2D eigenvalue weighted by molar-refractivity contribution is 0.0653. The fourth-order valence-corrected chi connectivity index (χ4v) is 4.17. The lowest BCUT2D eigenvalue weighted by Crippen LogP contribution is -2.45. The van der Waals surface area contributed by atoms with Crippen LogP contribution in [-0.2, 0) is 12.8 Å². The maximum absolute atomic E-state index is 13.2. The Morgan fingerprint density at radius 3 is 2.73 bits per heavy atom. The van der Waals surface area contributed by atoms with Gasteiger partial charge in [-0.15, -0.1) is 12.4 Å². The largest absolute Gasteiger partial charge is 0.337 e. The van der Waals surface area contributed by atoms with E-state index in [9.17, 15) is 4.79 Å². The van der Waals surface area contributed by atoms with Crippen LogP contribution >= 0.6 is 12.4 Å². The van der Waals surface area contributed by atoms with E-state index >= 15 is 0 Å². The van der Waals surface area contributed by atoms with E-state index in [0.717, 1.165) is 56.4 Å². The molecule has 140 valence electrons. The summed E-state index contributed by atoms with van der Waals surface area (Å²) < 4.78 is 1.97. The molecule has 2 N–H and O–H groups in total. The molecule has 0 spiro atoms. The fourth-order valence-electron chi connectivity index (χ4n) is 4.17. The van der Waals surface area contributed by atoms with Gasteiger partial charge in [0.25, 0.3) is 5.91 Å². The van der Waals surface area contributed by atoms with Crippen molar-refractivity contribution in [1.29, 1.82) is 0 Å². The number of para-hydroxylation sites is 1. The predicted octanol–water partition coefficient (Wildman–Crippen LogP) is 2.98. The molecule has 1 aliphatic heterocycles. The molecule has 0 saturated carbocycles. The van der Waals surface area contributed by atoms with Crippen molar-refractivity contribution in [3.8, 4) is 5.69 Å². The topological polar surface area (TPSA) is 64.2 Å². The molecule has 2 aliphatic rings. The van der Waals surface area contributed by atoms with E-state index < -0.39 is 0 Å². The second-order valence-electron chi connectivity index (χ2n) is 7.39. The molecule has 2 aromatic rings. The van der Waals surface area contributed by atoms with Crippen molar-refractivity contribution in [1.82, 2.24) is 14.7 Å². The standard InChI is InChI=1S/C20H26N4O.ClH/c1-14(21)15-7-6-12-23(13-15)20(25)19-17-10-5-11-18(17)24(22-19)16-8-3-2-4-9-16;/h2-4,8-9,14-15H,5-7,10-13,21H2,1H3;1H. The Balaban J connectivity index is 0.00000196. The Morgan fingerprint density at radius 1 is 1.23 bits per heavy atom. The number of halogens is 1. The minimum absolute atomic E-state index is 0. The van der Waals surface area contributed by atoms with Gasteiger partial charge in [-0.25, -0.2) is 4.68 Å². The van der Waals surface area contributed by atoms with E-state index in [1.54, 1.807) is 0 Å². The van der Waals surface area contributed by atoms with Crippen molar-refractivity contribution in [2.75, 3.05) is 13.1 Å². The molecule has 6 heteroatoms. The second-order valence-corrected chi connectivity index (χ2v) is 7.39. The number of amides is 1. The van der Waals surface area contributed by atoms with E-state index in [2.05, 4.69) is 0 Å². The monoisotopic (exact) mass is 374 g/mol. The average molecular weight is 375 g/mol. The summed E-state index contributed by atoms with van der Waals surface area (Å²) in [5.41, 5.74) is 10.1. The van der Waals surface area contributed by atoms with Gasteiger partial charge in [0.05, 0.1) is 5.69 Å². The van der Waals surface area contributed by atoms with Crippen LogP contribution in [0.4, 0.5) is 0 Å². The van der Waals surface area contributed by atoms with Gasteiger partial charge in [0, 0.05) is 30.4 Å². The smallest absolute Gasteiger partial charge is 0.274 e. The summed E-state index contributed by atoms with van der Waals surface area (Å²) >= 11 is 0. The average Bonchev–Trinajstić information content (AvgIpc) is 3.24. The Bertz CT molecular complexity index is 772. The van der Waals surface area contributed by atoms with Crippen LogP contribution in [-0.4, -0.2) is 39.7 Å². The molecule has 26 heavy (non-hydrogen) atoms. The van der Waals surface area contributed by atoms with E-state index in [1.807, 2.05) is 46.8 Å². The molecule has 0 bridgehead atoms. The Hall–Kier alpha value is -1.85. The zero-order valence-electron chi connectivity index (χ0n) is 15.2. The first-order chi connectivity index (χ1) is 12.1. The quantitative estimate of drug-likeness (QED) is 0.898. The van der Waals surface area contributed by atoms with E-state index in [0.29, 0.717) is 11.6 Å². The maximum Gasteiger partial charge on any atom is 0.274 e. The van der Waals surface area contributed by atoms with Gasteiger partial charge in [0.1, 0.15) is 0 Å². The van der Waals surface area contributed by atoms with E-state index in [4.69, 9.17) is 10.8 Å². The first-order valence-corrected chi connectivity index (χ1v) is 9.36. The normalized spacial score (nSPS) is 20.4. The first-order valence-electron chi connectivity index (χ1n) is 9.36. The number of hydrogen-bond donors (Lipinski definition) is 1. The maximum atomic E-state index is 13.2. The molecule has 1 amide bonds. The molecular formula is C20H27ClN4O. The van der Waals surface area contributed by atoms with Crippen molar-refractivity contribution >= 4 is 18.3 Å². The molecule has 1 aliphatic carbocycles. The third kappa shape index (κ3) is 3.38. The highest BCUT2D eigenvalue weighted by Gasteiger charge is 2.32. The highest BCUT2D eigenvalue weighted by Crippen LogP contribution is 2.29. The lowest BCUT2D eigenvalue weighted by atomic mass is 9.92. The minimum Gasteiger partial charge on any atom is -0.337 e. The van der Waals surface area contributed by atoms with Gasteiger partial charge in [-0.2, -0.15) is 5.10 Å². The van der Waals surface area contributed by atoms with Gasteiger partial charge in [-0.1, -0.05) is 18.2 Å². The number of likely N-dealkylation sites (tertiary alicyclic amines) is 1. The molecule has 2 heterocycles. The molecule has 1 aromatic heterocycles. The van der Waals surface area contributed by atoms with Crippen LogP contribution < -0.4 is 5.73 Å². The second kappa shape index (κ2) is 7.80. The Morgan fingerprint density at radius 2 is 2.00 bits per heavy atom. The number of carbonyl (C=O) groups excluding carboxylic acids is 1. The number of benzene rings is 1. The summed E-state index contributed by atoms with van der Waals surface area (Å²) in [5.74, 6) is 0.472. The number of nitrogens with two attached hydrogens (primary N) is 1. The predicted molar refractivity (Wildman–Crippen MR) is 105 cm³/mol. The zero-order chi connectivity index (χ0) is 17.4. The lowest BCUT2D eigenvalue weighted by Gasteiger charge is -2.34. The highest BCUT2D eigenvalue weighted by atomic mass is 35.5. The van der Waals surface area contributed by atoms with Crippen LogP contribution in [0.25, 0.3) is 5.69 Å². The summed E-state index contributed by atoms with van der Waals surface area (Å²) in [5, 5.41) is 4.74. The zero-order valence-corrected chi connectivity index (χ0v) is 16.0. The highest BCUT2D eigenvalue weighted by molar-refractivity contribution is 5.94. The minimum atomic E-state index is 0. The SMILES string of the molecule is CC(N)C1CCCN(C(=O)c2nn(-c3ccccc3)c3c2CCC3)C1.Cl. The molecule has 2 unspecified atom stereocenters. The summed E-state index contributed by atoms with van der Waals surface area (Å²) in [7, 11) is 0. The number of rotatable bonds is 3. The fraction of sp³-hybridized carbons (Fsp3) is 0.500. The van der Waals surface area contributed by atoms with Crippen LogP contribution in [0.1, 0.15) is 47.9 Å². The molecule has 1 saturated heterocycles. The summed E-state index contributed by atoms with van der Waals surface area (Å²) in [6.07, 6.45) is 5.18. The van der Waals surface area contributed by atoms with E-state index in [1.165, 1.54) is 5.69 Å². The van der Waals surface area contributed by atoms with Crippen molar-refractivity contribution in [2.45, 2.75) is 45.1 Å². The number of aromatic nitrogens is 2. The van der Waals surface area contributed by atoms with Crippen molar-refractivity contribution in [2.24, 2.45) is 11.7 Å². The third-order valence-electron chi connectivity index (χ3n) is 5.62. The molecule has 1 fully saturated rings. The molecule has 0 radical (unpaired) electrons. The molecule has 4 rings (SSSR count). The summed E-state index contributed by atoms with van der Waals surface area (Å²) in [6, 6.07) is 10.2. The van der Waals surface area contributed by atoms with Crippen molar-refractivity contribution in [3.05, 3.63) is 47.3 Å². The van der Waals surface area contributed by atoms with Crippen molar-refractivity contribution in [3.63, 3.8) is 0 Å². The van der Waals surface area contributed by atoms with Gasteiger partial charge in [0.15, 0.2) is 5.69 Å². The third-order valence-corrected chi connectivity index (χ3v) is 5.62. The van der Waals surface area contributed by atoms with Gasteiger partial charge in [-0.3, -0.25) is 4.79 Å². The van der Waals surface area contributed by atoms with Crippen LogP contribution in [0.15, 0.2) is 30.3 Å². The molecular weight excluding hydrogens is 348 g/mol. The van der Waals surface area contributed by atoms with Gasteiger partial charge < -0.3 is 10.6 Å². The first kappa shape index (κ1) is 18.9. The van der Waals surface area contributed by atoms with Crippen LogP contribution in [0.2, 0.25) is 0 Å². The van der Waals surface area contributed by atoms with Crippen LogP contribution in [0, 0.1) is 5.92 Å². The van der Waals surface area contributed by atoms with Crippen molar-refractivity contribution < 1.29 is 4.79 Å². The number of fused-ring (bicyclic) bond motifs is 1. The Labute approximate surface area is 161 Å². The van der Waals surface area contributed by atoms with Crippen LogP contribution in [0.3, 0.4) is 0 Å². The van der Waals surface area contributed by atoms with E-state index in [-0.39, 0.29) is 24.4 Å². The molecule has 2 atom stereocenters. The summed E-state index contributed by atoms with van der Waals surface area (Å²) in [4.78, 5) is 15.1. The van der Waals surface area contributed by atoms with Gasteiger partial charge in [0.2, 0.25) is 0 Å². The van der Waals surface area contributed by atoms with Gasteiger partial charge >= 0.3 is 0 Å². The van der Waals surface area contributed by atoms with Gasteiger partial charge in [-0.05, 0) is 57.1 Å². The molecule has 5 nitrogen and oxygen atoms in total. The Kier molecular flexibility index (Phi) is 5.68.